The minimum atomic E-state index is 0.851. The first-order chi connectivity index (χ1) is 20.7. The Morgan fingerprint density at radius 2 is 1.31 bits per heavy atom. The monoisotopic (exact) mass is 544 g/mol. The molecule has 0 aliphatic heterocycles. The van der Waals surface area contributed by atoms with Crippen molar-refractivity contribution in [2.75, 3.05) is 0 Å². The Hall–Kier alpha value is -5.36. The molecule has 0 atom stereocenters. The van der Waals surface area contributed by atoms with E-state index in [1.807, 2.05) is 37.6 Å². The molecule has 1 aliphatic carbocycles. The first-order valence-electron chi connectivity index (χ1n) is 14.2. The Labute approximate surface area is 243 Å². The van der Waals surface area contributed by atoms with E-state index < -0.39 is 0 Å². The molecular formula is C36H28N6. The molecule has 4 aromatic heterocycles. The molecule has 0 amide bonds. The van der Waals surface area contributed by atoms with Crippen molar-refractivity contribution in [1.29, 1.82) is 0 Å². The summed E-state index contributed by atoms with van der Waals surface area (Å²) in [4.78, 5) is 19.5. The molecule has 0 bridgehead atoms. The summed E-state index contributed by atoms with van der Waals surface area (Å²) in [6, 6.07) is 29.5. The molecule has 0 fully saturated rings. The first-order valence-corrected chi connectivity index (χ1v) is 14.2. The summed E-state index contributed by atoms with van der Waals surface area (Å²) in [5.74, 6) is 1.76. The SMILES string of the molecule is Cn1c(-c2ccc(-c3cccc4cccc(-c5ccc(-c6nc7ccccc7n6C)nc5)c34)cn2)nc2c1C=CCC2. The van der Waals surface area contributed by atoms with Crippen LogP contribution in [-0.2, 0) is 20.5 Å². The number of aromatic nitrogens is 6. The van der Waals surface area contributed by atoms with Crippen LogP contribution in [0.1, 0.15) is 17.8 Å². The number of allylic oxidation sites excluding steroid dienone is 1. The molecule has 0 unspecified atom stereocenters. The number of rotatable bonds is 4. The standard InChI is InChI=1S/C36H28N6/c1-41-32-15-5-3-13-28(32)39-35(41)30-19-17-24(21-37-30)26-11-7-9-23-10-8-12-27(34(23)26)25-18-20-31(38-22-25)36-40-29-14-4-6-16-33(29)42(36)2/h3,5-13,15-22H,4,14H2,1-2H3. The van der Waals surface area contributed by atoms with Gasteiger partial charge in [0.15, 0.2) is 11.6 Å². The van der Waals surface area contributed by atoms with Crippen LogP contribution in [0, 0.1) is 0 Å². The highest BCUT2D eigenvalue weighted by Gasteiger charge is 2.18. The number of hydrogen-bond donors (Lipinski definition) is 0. The normalized spacial score (nSPS) is 12.7. The van der Waals surface area contributed by atoms with Gasteiger partial charge < -0.3 is 9.13 Å². The molecule has 6 heteroatoms. The summed E-state index contributed by atoms with van der Waals surface area (Å²) in [7, 11) is 4.11. The van der Waals surface area contributed by atoms with E-state index in [4.69, 9.17) is 19.9 Å². The summed E-state index contributed by atoms with van der Waals surface area (Å²) < 4.78 is 4.24. The van der Waals surface area contributed by atoms with E-state index in [2.05, 4.69) is 95.1 Å². The van der Waals surface area contributed by atoms with Crippen LogP contribution in [0.2, 0.25) is 0 Å². The van der Waals surface area contributed by atoms with Gasteiger partial charge in [-0.25, -0.2) is 9.97 Å². The zero-order chi connectivity index (χ0) is 28.2. The van der Waals surface area contributed by atoms with Gasteiger partial charge >= 0.3 is 0 Å². The van der Waals surface area contributed by atoms with Crippen molar-refractivity contribution in [1.82, 2.24) is 29.1 Å². The van der Waals surface area contributed by atoms with Gasteiger partial charge in [-0.2, -0.15) is 0 Å². The second-order valence-electron chi connectivity index (χ2n) is 10.8. The molecule has 8 rings (SSSR count). The number of benzene rings is 3. The van der Waals surface area contributed by atoms with E-state index in [1.54, 1.807) is 0 Å². The van der Waals surface area contributed by atoms with E-state index in [0.717, 1.165) is 74.9 Å². The van der Waals surface area contributed by atoms with Gasteiger partial charge in [0.25, 0.3) is 0 Å². The molecule has 0 radical (unpaired) electrons. The van der Waals surface area contributed by atoms with Crippen molar-refractivity contribution in [2.24, 2.45) is 14.1 Å². The van der Waals surface area contributed by atoms with Gasteiger partial charge in [-0.15, -0.1) is 0 Å². The van der Waals surface area contributed by atoms with Gasteiger partial charge in [0.2, 0.25) is 0 Å². The van der Waals surface area contributed by atoms with E-state index in [0.29, 0.717) is 0 Å². The van der Waals surface area contributed by atoms with Gasteiger partial charge in [0, 0.05) is 37.6 Å². The van der Waals surface area contributed by atoms with Crippen LogP contribution in [0.15, 0.2) is 103 Å². The maximum absolute atomic E-state index is 4.91. The molecule has 3 aromatic carbocycles. The second-order valence-corrected chi connectivity index (χ2v) is 10.8. The molecule has 1 aliphatic rings. The second kappa shape index (κ2) is 9.63. The Bertz CT molecular complexity index is 2140. The number of imidazole rings is 2. The van der Waals surface area contributed by atoms with Crippen LogP contribution in [0.4, 0.5) is 0 Å². The summed E-state index contributed by atoms with van der Waals surface area (Å²) in [6.45, 7) is 0. The van der Waals surface area contributed by atoms with Crippen LogP contribution in [0.5, 0.6) is 0 Å². The lowest BCUT2D eigenvalue weighted by atomic mass is 9.92. The van der Waals surface area contributed by atoms with Crippen LogP contribution >= 0.6 is 0 Å². The number of aryl methyl sites for hydroxylation is 2. The fourth-order valence-electron chi connectivity index (χ4n) is 6.17. The molecular weight excluding hydrogens is 516 g/mol. The highest BCUT2D eigenvalue weighted by Crippen LogP contribution is 2.37. The molecule has 0 spiro atoms. The molecule has 4 heterocycles. The number of hydrogen-bond acceptors (Lipinski definition) is 4. The van der Waals surface area contributed by atoms with Gasteiger partial charge in [0.05, 0.1) is 22.4 Å². The van der Waals surface area contributed by atoms with Crippen molar-refractivity contribution in [3.8, 4) is 45.3 Å². The third kappa shape index (κ3) is 3.87. The Kier molecular flexibility index (Phi) is 5.60. The third-order valence-electron chi connectivity index (χ3n) is 8.34. The predicted octanol–water partition coefficient (Wildman–Crippen LogP) is 7.88. The number of pyridine rings is 2. The molecule has 0 N–H and O–H groups in total. The first kappa shape index (κ1) is 24.4. The highest BCUT2D eigenvalue weighted by atomic mass is 15.1. The summed E-state index contributed by atoms with van der Waals surface area (Å²) in [5.41, 5.74) is 10.5. The lowest BCUT2D eigenvalue weighted by Gasteiger charge is -2.13. The molecule has 0 saturated carbocycles. The molecule has 202 valence electrons. The highest BCUT2D eigenvalue weighted by molar-refractivity contribution is 6.06. The maximum Gasteiger partial charge on any atom is 0.159 e. The van der Waals surface area contributed by atoms with E-state index >= 15 is 0 Å². The topological polar surface area (TPSA) is 61.4 Å². The Morgan fingerprint density at radius 1 is 0.643 bits per heavy atom. The molecule has 7 aromatic rings. The van der Waals surface area contributed by atoms with Gasteiger partial charge in [-0.1, -0.05) is 66.7 Å². The zero-order valence-corrected chi connectivity index (χ0v) is 23.5. The minimum Gasteiger partial charge on any atom is -0.326 e. The van der Waals surface area contributed by atoms with E-state index in [1.165, 1.54) is 16.5 Å². The lowest BCUT2D eigenvalue weighted by Crippen LogP contribution is -1.98. The van der Waals surface area contributed by atoms with Crippen molar-refractivity contribution in [2.45, 2.75) is 12.8 Å². The number of nitrogens with zero attached hydrogens (tertiary/aromatic N) is 6. The van der Waals surface area contributed by atoms with Gasteiger partial charge in [0.1, 0.15) is 11.4 Å². The Balaban J connectivity index is 1.18. The molecule has 42 heavy (non-hydrogen) atoms. The van der Waals surface area contributed by atoms with Crippen LogP contribution < -0.4 is 0 Å². The average molecular weight is 545 g/mol. The van der Waals surface area contributed by atoms with Crippen molar-refractivity contribution < 1.29 is 0 Å². The Morgan fingerprint density at radius 3 is 1.93 bits per heavy atom. The predicted molar refractivity (Wildman–Crippen MR) is 170 cm³/mol. The summed E-state index contributed by atoms with van der Waals surface area (Å²) >= 11 is 0. The largest absolute Gasteiger partial charge is 0.326 e. The lowest BCUT2D eigenvalue weighted by molar-refractivity contribution is 0.888. The zero-order valence-electron chi connectivity index (χ0n) is 23.5. The van der Waals surface area contributed by atoms with Crippen LogP contribution in [-0.4, -0.2) is 29.1 Å². The van der Waals surface area contributed by atoms with E-state index in [-0.39, 0.29) is 0 Å². The average Bonchev–Trinajstić information content (AvgIpc) is 3.57. The van der Waals surface area contributed by atoms with Crippen molar-refractivity contribution in [3.63, 3.8) is 0 Å². The van der Waals surface area contributed by atoms with Crippen molar-refractivity contribution in [3.05, 3.63) is 115 Å². The number of fused-ring (bicyclic) bond motifs is 3. The third-order valence-corrected chi connectivity index (χ3v) is 8.34. The quantitative estimate of drug-likeness (QED) is 0.226. The fraction of sp³-hybridized carbons (Fsp3) is 0.111. The summed E-state index contributed by atoms with van der Waals surface area (Å²) in [5, 5.41) is 2.36. The van der Waals surface area contributed by atoms with Gasteiger partial charge in [-0.3, -0.25) is 9.97 Å². The van der Waals surface area contributed by atoms with Crippen LogP contribution in [0.25, 0.3) is 73.2 Å². The summed E-state index contributed by atoms with van der Waals surface area (Å²) in [6.07, 6.45) is 10.3. The minimum absolute atomic E-state index is 0.851. The molecule has 6 nitrogen and oxygen atoms in total. The smallest absolute Gasteiger partial charge is 0.159 e. The van der Waals surface area contributed by atoms with Gasteiger partial charge in [-0.05, 0) is 65.1 Å². The maximum atomic E-state index is 4.91. The van der Waals surface area contributed by atoms with Crippen LogP contribution in [0.3, 0.4) is 0 Å². The van der Waals surface area contributed by atoms with E-state index in [9.17, 15) is 0 Å². The number of para-hydroxylation sites is 2. The molecule has 0 saturated heterocycles. The van der Waals surface area contributed by atoms with Crippen molar-refractivity contribution >= 4 is 27.9 Å². The fourth-order valence-corrected chi connectivity index (χ4v) is 6.17.